The van der Waals surface area contributed by atoms with E-state index in [1.54, 1.807) is 0 Å². The largest absolute Gasteiger partial charge is 0.269 e. The summed E-state index contributed by atoms with van der Waals surface area (Å²) in [6.45, 7) is 0. The van der Waals surface area contributed by atoms with Crippen LogP contribution in [0.3, 0.4) is 0 Å². The highest BCUT2D eigenvalue weighted by atomic mass is 15.3. The second-order valence-corrected chi connectivity index (χ2v) is 6.49. The Balaban J connectivity index is 1.52. The van der Waals surface area contributed by atoms with Gasteiger partial charge in [-0.25, -0.2) is 4.98 Å². The second-order valence-electron chi connectivity index (χ2n) is 6.49. The smallest absolute Gasteiger partial charge is 0.254 e. The normalized spacial score (nSPS) is 13.1. The Morgan fingerprint density at radius 1 is 0.962 bits per heavy atom. The number of fused-ring (bicyclic) bond motifs is 2. The van der Waals surface area contributed by atoms with Gasteiger partial charge in [-0.1, -0.05) is 42.5 Å². The standard InChI is InChI=1S/C21H17N5/c1-2-5-16(6-3-1)18-13-23-21-25-24-20(26(21)14-18)12-15-8-9-19-17(11-15)7-4-10-22-19/h1-3,5-6,8-11,13-14H,4,7,12H2. The fraction of sp³-hybridized carbons (Fsp3) is 0.143. The third-order valence-electron chi connectivity index (χ3n) is 4.72. The summed E-state index contributed by atoms with van der Waals surface area (Å²) in [6.07, 6.45) is 8.68. The molecule has 0 aliphatic carbocycles. The molecule has 2 aromatic heterocycles. The number of aliphatic imine (C=N–C) groups is 1. The van der Waals surface area contributed by atoms with E-state index in [1.165, 1.54) is 11.1 Å². The zero-order valence-corrected chi connectivity index (χ0v) is 14.2. The first kappa shape index (κ1) is 15.0. The zero-order chi connectivity index (χ0) is 17.3. The quantitative estimate of drug-likeness (QED) is 0.566. The van der Waals surface area contributed by atoms with Crippen LogP contribution in [0.5, 0.6) is 0 Å². The van der Waals surface area contributed by atoms with Gasteiger partial charge in [0.1, 0.15) is 5.82 Å². The SMILES string of the molecule is C1=Nc2ccc(Cc3nnc4ncc(-c5ccccc5)cn34)cc2CC1. The molecular formula is C21H17N5. The zero-order valence-electron chi connectivity index (χ0n) is 14.2. The van der Waals surface area contributed by atoms with Gasteiger partial charge in [-0.15, -0.1) is 10.2 Å². The lowest BCUT2D eigenvalue weighted by Crippen LogP contribution is -2.00. The second kappa shape index (κ2) is 6.19. The van der Waals surface area contributed by atoms with Gasteiger partial charge in [0.2, 0.25) is 0 Å². The van der Waals surface area contributed by atoms with Crippen LogP contribution in [-0.2, 0) is 12.8 Å². The molecule has 1 aliphatic heterocycles. The molecule has 0 spiro atoms. The van der Waals surface area contributed by atoms with E-state index in [2.05, 4.69) is 56.7 Å². The van der Waals surface area contributed by atoms with Gasteiger partial charge in [0.25, 0.3) is 5.78 Å². The molecule has 0 N–H and O–H groups in total. The predicted octanol–water partition coefficient (Wildman–Crippen LogP) is 4.03. The average molecular weight is 339 g/mol. The average Bonchev–Trinajstić information content (AvgIpc) is 3.10. The Morgan fingerprint density at radius 2 is 1.88 bits per heavy atom. The topological polar surface area (TPSA) is 55.4 Å². The summed E-state index contributed by atoms with van der Waals surface area (Å²) >= 11 is 0. The van der Waals surface area contributed by atoms with E-state index in [0.717, 1.165) is 41.9 Å². The molecule has 0 amide bonds. The summed E-state index contributed by atoms with van der Waals surface area (Å²) in [4.78, 5) is 8.92. The van der Waals surface area contributed by atoms with E-state index in [4.69, 9.17) is 0 Å². The molecule has 26 heavy (non-hydrogen) atoms. The van der Waals surface area contributed by atoms with Crippen LogP contribution in [0, 0.1) is 0 Å². The van der Waals surface area contributed by atoms with E-state index in [-0.39, 0.29) is 0 Å². The fourth-order valence-electron chi connectivity index (χ4n) is 3.37. The van der Waals surface area contributed by atoms with Gasteiger partial charge in [0, 0.05) is 30.6 Å². The maximum absolute atomic E-state index is 4.46. The van der Waals surface area contributed by atoms with Crippen molar-refractivity contribution in [2.45, 2.75) is 19.3 Å². The van der Waals surface area contributed by atoms with Gasteiger partial charge in [-0.05, 0) is 35.6 Å². The molecule has 126 valence electrons. The van der Waals surface area contributed by atoms with Crippen molar-refractivity contribution >= 4 is 17.7 Å². The first-order valence-corrected chi connectivity index (χ1v) is 8.76. The first-order chi connectivity index (χ1) is 12.9. The van der Waals surface area contributed by atoms with Crippen molar-refractivity contribution in [3.63, 3.8) is 0 Å². The molecule has 0 saturated heterocycles. The van der Waals surface area contributed by atoms with Crippen molar-refractivity contribution in [1.82, 2.24) is 19.6 Å². The van der Waals surface area contributed by atoms with Crippen molar-refractivity contribution in [2.75, 3.05) is 0 Å². The van der Waals surface area contributed by atoms with E-state index in [9.17, 15) is 0 Å². The monoisotopic (exact) mass is 339 g/mol. The minimum absolute atomic E-state index is 0.627. The van der Waals surface area contributed by atoms with Crippen LogP contribution in [0.1, 0.15) is 23.4 Å². The molecule has 5 heteroatoms. The molecule has 0 unspecified atom stereocenters. The molecular weight excluding hydrogens is 322 g/mol. The highest BCUT2D eigenvalue weighted by Gasteiger charge is 2.11. The van der Waals surface area contributed by atoms with Crippen molar-refractivity contribution in [2.24, 2.45) is 4.99 Å². The van der Waals surface area contributed by atoms with Gasteiger partial charge < -0.3 is 0 Å². The maximum Gasteiger partial charge on any atom is 0.254 e. The summed E-state index contributed by atoms with van der Waals surface area (Å²) in [6, 6.07) is 16.7. The lowest BCUT2D eigenvalue weighted by atomic mass is 10.0. The van der Waals surface area contributed by atoms with Gasteiger partial charge in [0.15, 0.2) is 0 Å². The molecule has 5 rings (SSSR count). The molecule has 2 aromatic carbocycles. The maximum atomic E-state index is 4.46. The van der Waals surface area contributed by atoms with Crippen LogP contribution < -0.4 is 0 Å². The Morgan fingerprint density at radius 3 is 2.81 bits per heavy atom. The lowest BCUT2D eigenvalue weighted by molar-refractivity contribution is 0.927. The number of nitrogens with zero attached hydrogens (tertiary/aromatic N) is 5. The van der Waals surface area contributed by atoms with E-state index < -0.39 is 0 Å². The van der Waals surface area contributed by atoms with E-state index in [1.807, 2.05) is 35.0 Å². The Kier molecular flexibility index (Phi) is 3.56. The Bertz CT molecular complexity index is 1110. The van der Waals surface area contributed by atoms with Crippen LogP contribution in [0.15, 0.2) is 65.9 Å². The van der Waals surface area contributed by atoms with Crippen molar-refractivity contribution in [3.8, 4) is 11.1 Å². The molecule has 5 nitrogen and oxygen atoms in total. The summed E-state index contributed by atoms with van der Waals surface area (Å²) in [5.41, 5.74) is 5.80. The summed E-state index contributed by atoms with van der Waals surface area (Å²) in [5, 5.41) is 8.57. The fourth-order valence-corrected chi connectivity index (χ4v) is 3.37. The first-order valence-electron chi connectivity index (χ1n) is 8.76. The van der Waals surface area contributed by atoms with Crippen LogP contribution in [-0.4, -0.2) is 25.8 Å². The highest BCUT2D eigenvalue weighted by Crippen LogP contribution is 2.26. The molecule has 0 atom stereocenters. The number of hydrogen-bond donors (Lipinski definition) is 0. The van der Waals surface area contributed by atoms with E-state index in [0.29, 0.717) is 5.78 Å². The minimum atomic E-state index is 0.627. The third kappa shape index (κ3) is 2.67. The highest BCUT2D eigenvalue weighted by molar-refractivity contribution is 5.69. The number of rotatable bonds is 3. The van der Waals surface area contributed by atoms with Gasteiger partial charge in [-0.3, -0.25) is 9.39 Å². The molecule has 0 saturated carbocycles. The summed E-state index contributed by atoms with van der Waals surface area (Å²) in [7, 11) is 0. The summed E-state index contributed by atoms with van der Waals surface area (Å²) < 4.78 is 1.99. The third-order valence-corrected chi connectivity index (χ3v) is 4.72. The molecule has 0 bridgehead atoms. The molecule has 3 heterocycles. The van der Waals surface area contributed by atoms with Crippen molar-refractivity contribution < 1.29 is 0 Å². The lowest BCUT2D eigenvalue weighted by Gasteiger charge is -2.11. The molecule has 4 aromatic rings. The number of benzene rings is 2. The van der Waals surface area contributed by atoms with Crippen LogP contribution >= 0.6 is 0 Å². The molecule has 0 radical (unpaired) electrons. The van der Waals surface area contributed by atoms with Gasteiger partial charge >= 0.3 is 0 Å². The van der Waals surface area contributed by atoms with Crippen molar-refractivity contribution in [3.05, 3.63) is 77.9 Å². The predicted molar refractivity (Wildman–Crippen MR) is 102 cm³/mol. The summed E-state index contributed by atoms with van der Waals surface area (Å²) in [5.74, 6) is 1.52. The van der Waals surface area contributed by atoms with Crippen molar-refractivity contribution in [1.29, 1.82) is 0 Å². The van der Waals surface area contributed by atoms with Gasteiger partial charge in [-0.2, -0.15) is 0 Å². The molecule has 1 aliphatic rings. The minimum Gasteiger partial charge on any atom is -0.269 e. The number of aromatic nitrogens is 4. The van der Waals surface area contributed by atoms with E-state index >= 15 is 0 Å². The van der Waals surface area contributed by atoms with Gasteiger partial charge in [0.05, 0.1) is 5.69 Å². The Labute approximate surface area is 151 Å². The number of hydrogen-bond acceptors (Lipinski definition) is 4. The molecule has 0 fully saturated rings. The van der Waals surface area contributed by atoms with Crippen LogP contribution in [0.4, 0.5) is 5.69 Å². The van der Waals surface area contributed by atoms with Crippen LogP contribution in [0.25, 0.3) is 16.9 Å². The van der Waals surface area contributed by atoms with Crippen LogP contribution in [0.2, 0.25) is 0 Å². The Hall–Kier alpha value is -3.34. The number of aryl methyl sites for hydroxylation is 1.